The van der Waals surface area contributed by atoms with Crippen molar-refractivity contribution in [1.29, 1.82) is 0 Å². The van der Waals surface area contributed by atoms with Crippen molar-refractivity contribution in [1.82, 2.24) is 5.32 Å². The summed E-state index contributed by atoms with van der Waals surface area (Å²) in [4.78, 5) is 36.6. The molecule has 134 valence electrons. The number of carbonyl (C=O) groups excluding carboxylic acids is 2. The molecular weight excluding hydrogens is 334 g/mol. The summed E-state index contributed by atoms with van der Waals surface area (Å²) in [7, 11) is 0. The van der Waals surface area contributed by atoms with E-state index in [-0.39, 0.29) is 30.6 Å². The fourth-order valence-corrected chi connectivity index (χ4v) is 3.47. The zero-order valence-electron chi connectivity index (χ0n) is 13.4. The van der Waals surface area contributed by atoms with Gasteiger partial charge in [-0.1, -0.05) is 0 Å². The van der Waals surface area contributed by atoms with E-state index in [0.717, 1.165) is 11.0 Å². The van der Waals surface area contributed by atoms with E-state index >= 15 is 0 Å². The van der Waals surface area contributed by atoms with Gasteiger partial charge in [0.25, 0.3) is 0 Å². The number of hydrogen-bond donors (Lipinski definition) is 2. The maximum atomic E-state index is 13.9. The molecule has 0 spiro atoms. The van der Waals surface area contributed by atoms with Crippen LogP contribution in [0.25, 0.3) is 0 Å². The van der Waals surface area contributed by atoms with E-state index in [4.69, 9.17) is 5.11 Å². The largest absolute Gasteiger partial charge is 0.481 e. The lowest BCUT2D eigenvalue weighted by molar-refractivity contribution is -0.141. The van der Waals surface area contributed by atoms with Crippen LogP contribution in [0.15, 0.2) is 18.2 Å². The second-order valence-electron chi connectivity index (χ2n) is 6.55. The van der Waals surface area contributed by atoms with Crippen LogP contribution in [0.4, 0.5) is 14.5 Å². The molecule has 1 aliphatic heterocycles. The van der Waals surface area contributed by atoms with Crippen LogP contribution in [0.5, 0.6) is 0 Å². The highest BCUT2D eigenvalue weighted by Gasteiger charge is 2.38. The predicted molar refractivity (Wildman–Crippen MR) is 83.7 cm³/mol. The minimum Gasteiger partial charge on any atom is -0.481 e. The molecule has 1 aliphatic carbocycles. The van der Waals surface area contributed by atoms with E-state index in [2.05, 4.69) is 5.32 Å². The van der Waals surface area contributed by atoms with E-state index in [1.807, 2.05) is 0 Å². The Balaban J connectivity index is 1.62. The number of rotatable bonds is 4. The van der Waals surface area contributed by atoms with Crippen molar-refractivity contribution in [2.75, 3.05) is 11.4 Å². The molecule has 2 fully saturated rings. The molecule has 3 rings (SSSR count). The summed E-state index contributed by atoms with van der Waals surface area (Å²) >= 11 is 0. The number of anilines is 1. The number of halogens is 2. The first kappa shape index (κ1) is 17.3. The fourth-order valence-electron chi connectivity index (χ4n) is 3.47. The van der Waals surface area contributed by atoms with Gasteiger partial charge in [-0.3, -0.25) is 14.4 Å². The third-order valence-corrected chi connectivity index (χ3v) is 4.82. The van der Waals surface area contributed by atoms with E-state index in [9.17, 15) is 23.2 Å². The molecule has 1 aromatic rings. The lowest BCUT2D eigenvalue weighted by Crippen LogP contribution is -2.39. The van der Waals surface area contributed by atoms with Gasteiger partial charge in [-0.25, -0.2) is 8.78 Å². The first-order valence-corrected chi connectivity index (χ1v) is 8.13. The minimum absolute atomic E-state index is 0.0162. The second kappa shape index (κ2) is 6.78. The third-order valence-electron chi connectivity index (χ3n) is 4.82. The zero-order chi connectivity index (χ0) is 18.1. The van der Waals surface area contributed by atoms with Gasteiger partial charge in [0.15, 0.2) is 0 Å². The highest BCUT2D eigenvalue weighted by Crippen LogP contribution is 2.29. The van der Waals surface area contributed by atoms with Crippen LogP contribution < -0.4 is 10.2 Å². The average molecular weight is 352 g/mol. The Morgan fingerprint density at radius 3 is 2.60 bits per heavy atom. The first-order chi connectivity index (χ1) is 11.8. The van der Waals surface area contributed by atoms with Gasteiger partial charge in [-0.05, 0) is 31.4 Å². The smallest absolute Gasteiger partial charge is 0.306 e. The predicted octanol–water partition coefficient (Wildman–Crippen LogP) is 1.69. The monoisotopic (exact) mass is 352 g/mol. The zero-order valence-corrected chi connectivity index (χ0v) is 13.4. The number of nitrogens with zero attached hydrogens (tertiary/aromatic N) is 1. The normalized spacial score (nSPS) is 26.1. The number of hydrogen-bond acceptors (Lipinski definition) is 3. The van der Waals surface area contributed by atoms with Crippen LogP contribution in [0.1, 0.15) is 25.7 Å². The number of benzene rings is 1. The summed E-state index contributed by atoms with van der Waals surface area (Å²) < 4.78 is 26.9. The molecule has 1 saturated heterocycles. The molecule has 0 bridgehead atoms. The van der Waals surface area contributed by atoms with Crippen molar-refractivity contribution in [2.45, 2.75) is 31.7 Å². The molecule has 25 heavy (non-hydrogen) atoms. The quantitative estimate of drug-likeness (QED) is 0.863. The van der Waals surface area contributed by atoms with E-state index < -0.39 is 35.3 Å². The number of carboxylic acids is 1. The molecule has 3 atom stereocenters. The third kappa shape index (κ3) is 3.62. The highest BCUT2D eigenvalue weighted by molar-refractivity contribution is 6.00. The van der Waals surface area contributed by atoms with Gasteiger partial charge in [0.05, 0.1) is 17.5 Å². The van der Waals surface area contributed by atoms with Crippen LogP contribution >= 0.6 is 0 Å². The molecule has 1 aromatic carbocycles. The molecule has 2 N–H and O–H groups in total. The number of carboxylic acid groups (broad SMARTS) is 1. The van der Waals surface area contributed by atoms with Crippen LogP contribution in [-0.2, 0) is 14.4 Å². The van der Waals surface area contributed by atoms with Crippen molar-refractivity contribution in [3.63, 3.8) is 0 Å². The maximum absolute atomic E-state index is 13.9. The van der Waals surface area contributed by atoms with Gasteiger partial charge >= 0.3 is 5.97 Å². The number of aliphatic carboxylic acids is 1. The molecule has 0 aromatic heterocycles. The van der Waals surface area contributed by atoms with Gasteiger partial charge in [0.1, 0.15) is 11.6 Å². The van der Waals surface area contributed by atoms with Crippen LogP contribution in [-0.4, -0.2) is 35.5 Å². The molecule has 1 saturated carbocycles. The van der Waals surface area contributed by atoms with E-state index in [1.165, 1.54) is 6.07 Å². The molecule has 1 heterocycles. The average Bonchev–Trinajstić information content (AvgIpc) is 3.14. The lowest BCUT2D eigenvalue weighted by atomic mass is 10.1. The molecular formula is C17H18F2N2O4. The summed E-state index contributed by atoms with van der Waals surface area (Å²) in [6.07, 6.45) is 1.41. The van der Waals surface area contributed by atoms with Crippen LogP contribution in [0.2, 0.25) is 0 Å². The summed E-state index contributed by atoms with van der Waals surface area (Å²) in [6, 6.07) is 2.71. The van der Waals surface area contributed by atoms with Crippen molar-refractivity contribution in [3.05, 3.63) is 29.8 Å². The Hall–Kier alpha value is -2.51. The highest BCUT2D eigenvalue weighted by atomic mass is 19.1. The second-order valence-corrected chi connectivity index (χ2v) is 6.55. The Bertz CT molecular complexity index is 725. The molecule has 2 aliphatic rings. The minimum atomic E-state index is -0.870. The van der Waals surface area contributed by atoms with Gasteiger partial charge in [-0.2, -0.15) is 0 Å². The lowest BCUT2D eigenvalue weighted by Gasteiger charge is -2.18. The Morgan fingerprint density at radius 1 is 1.20 bits per heavy atom. The maximum Gasteiger partial charge on any atom is 0.306 e. The van der Waals surface area contributed by atoms with Crippen molar-refractivity contribution >= 4 is 23.5 Å². The van der Waals surface area contributed by atoms with E-state index in [0.29, 0.717) is 25.3 Å². The molecule has 8 heteroatoms. The summed E-state index contributed by atoms with van der Waals surface area (Å²) in [6.45, 7) is 0.0162. The Morgan fingerprint density at radius 2 is 1.96 bits per heavy atom. The van der Waals surface area contributed by atoms with Gasteiger partial charge in [0.2, 0.25) is 11.8 Å². The number of amides is 2. The number of carbonyl (C=O) groups is 3. The first-order valence-electron chi connectivity index (χ1n) is 8.13. The van der Waals surface area contributed by atoms with E-state index in [1.54, 1.807) is 0 Å². The molecule has 2 amide bonds. The van der Waals surface area contributed by atoms with Gasteiger partial charge in [-0.15, -0.1) is 0 Å². The van der Waals surface area contributed by atoms with Crippen molar-refractivity contribution in [2.24, 2.45) is 11.8 Å². The SMILES string of the molecule is O=C(N[C@@H]1CC[C@H](C(=O)O)C1)C1CC(=O)N(c2ccc(F)cc2F)C1. The Labute approximate surface area is 142 Å². The molecule has 1 unspecified atom stereocenters. The van der Waals surface area contributed by atoms with Crippen LogP contribution in [0.3, 0.4) is 0 Å². The summed E-state index contributed by atoms with van der Waals surface area (Å²) in [5.74, 6) is -4.30. The number of nitrogens with one attached hydrogen (secondary N) is 1. The van der Waals surface area contributed by atoms with Gasteiger partial charge in [0, 0.05) is 25.1 Å². The summed E-state index contributed by atoms with van der Waals surface area (Å²) in [5.41, 5.74) is -0.0477. The standard InChI is InChI=1S/C17H18F2N2O4/c18-11-2-4-14(13(19)7-11)21-8-10(6-15(21)22)16(23)20-12-3-1-9(5-12)17(24)25/h2,4,7,9-10,12H,1,3,5-6,8H2,(H,20,23)(H,24,25)/t9-,10?,12+/m0/s1. The van der Waals surface area contributed by atoms with Crippen molar-refractivity contribution in [3.8, 4) is 0 Å². The topological polar surface area (TPSA) is 86.7 Å². The summed E-state index contributed by atoms with van der Waals surface area (Å²) in [5, 5.41) is 11.8. The van der Waals surface area contributed by atoms with Crippen LogP contribution in [0, 0.1) is 23.5 Å². The Kier molecular flexibility index (Phi) is 4.69. The van der Waals surface area contributed by atoms with Crippen molar-refractivity contribution < 1.29 is 28.3 Å². The molecule has 0 radical (unpaired) electrons. The fraction of sp³-hybridized carbons (Fsp3) is 0.471. The van der Waals surface area contributed by atoms with Gasteiger partial charge < -0.3 is 15.3 Å². The molecule has 6 nitrogen and oxygen atoms in total.